The van der Waals surface area contributed by atoms with Crippen LogP contribution in [0, 0.1) is 11.3 Å². The lowest BCUT2D eigenvalue weighted by Crippen LogP contribution is -2.38. The molecule has 2 nitrogen and oxygen atoms in total. The fourth-order valence-electron chi connectivity index (χ4n) is 1.96. The molecule has 15 heavy (non-hydrogen) atoms. The van der Waals surface area contributed by atoms with Crippen molar-refractivity contribution in [2.24, 2.45) is 11.3 Å². The Kier molecular flexibility index (Phi) is 5.07. The Morgan fingerprint density at radius 3 is 2.60 bits per heavy atom. The van der Waals surface area contributed by atoms with Crippen LogP contribution in [0.4, 0.5) is 0 Å². The van der Waals surface area contributed by atoms with Gasteiger partial charge in [-0.15, -0.1) is 0 Å². The molecule has 2 atom stereocenters. The van der Waals surface area contributed by atoms with Gasteiger partial charge in [0.2, 0.25) is 0 Å². The van der Waals surface area contributed by atoms with Gasteiger partial charge in [-0.1, -0.05) is 20.8 Å². The topological polar surface area (TPSA) is 21.3 Å². The molecule has 0 radical (unpaired) electrons. The summed E-state index contributed by atoms with van der Waals surface area (Å²) in [6, 6.07) is 0.825. The summed E-state index contributed by atoms with van der Waals surface area (Å²) in [5, 5.41) is 3.66. The van der Waals surface area contributed by atoms with Crippen LogP contribution < -0.4 is 5.32 Å². The van der Waals surface area contributed by atoms with Crippen molar-refractivity contribution in [2.75, 3.05) is 20.3 Å². The van der Waals surface area contributed by atoms with Crippen molar-refractivity contribution < 1.29 is 4.74 Å². The van der Waals surface area contributed by atoms with Crippen molar-refractivity contribution >= 4 is 0 Å². The molecule has 1 aliphatic rings. The molecule has 0 aliphatic heterocycles. The van der Waals surface area contributed by atoms with Gasteiger partial charge in [0.05, 0.1) is 0 Å². The lowest BCUT2D eigenvalue weighted by atomic mass is 9.74. The van der Waals surface area contributed by atoms with E-state index in [1.54, 1.807) is 7.11 Å². The van der Waals surface area contributed by atoms with E-state index in [-0.39, 0.29) is 0 Å². The maximum atomic E-state index is 5.17. The number of hydrogen-bond acceptors (Lipinski definition) is 2. The van der Waals surface area contributed by atoms with Gasteiger partial charge in [-0.3, -0.25) is 0 Å². The van der Waals surface area contributed by atoms with E-state index in [4.69, 9.17) is 4.74 Å². The lowest BCUT2D eigenvalue weighted by Gasteiger charge is -2.35. The molecule has 2 unspecified atom stereocenters. The van der Waals surface area contributed by atoms with Gasteiger partial charge in [-0.25, -0.2) is 0 Å². The van der Waals surface area contributed by atoms with Crippen molar-refractivity contribution in [3.63, 3.8) is 0 Å². The zero-order valence-corrected chi connectivity index (χ0v) is 10.8. The highest BCUT2D eigenvalue weighted by Gasteiger charge is 2.31. The van der Waals surface area contributed by atoms with E-state index < -0.39 is 0 Å². The minimum atomic E-state index is 0.432. The van der Waals surface area contributed by atoms with Gasteiger partial charge in [0.25, 0.3) is 0 Å². The summed E-state index contributed by atoms with van der Waals surface area (Å²) < 4.78 is 5.17. The molecule has 0 aromatic carbocycles. The molecule has 0 aromatic heterocycles. The van der Waals surface area contributed by atoms with Gasteiger partial charge >= 0.3 is 0 Å². The van der Waals surface area contributed by atoms with Crippen molar-refractivity contribution in [3.8, 4) is 0 Å². The molecule has 1 N–H and O–H groups in total. The van der Waals surface area contributed by atoms with E-state index in [1.807, 2.05) is 0 Å². The smallest absolute Gasteiger partial charge is 0.0465 e. The second-order valence-electron chi connectivity index (χ2n) is 5.35. The first-order valence-electron chi connectivity index (χ1n) is 6.34. The summed E-state index contributed by atoms with van der Waals surface area (Å²) in [6.07, 6.45) is 5.18. The number of nitrogens with one attached hydrogen (secondary N) is 1. The molecule has 90 valence electrons. The number of rotatable bonds is 8. The Morgan fingerprint density at radius 2 is 2.13 bits per heavy atom. The summed E-state index contributed by atoms with van der Waals surface area (Å²) >= 11 is 0. The van der Waals surface area contributed by atoms with E-state index in [0.717, 1.165) is 18.6 Å². The highest BCUT2D eigenvalue weighted by molar-refractivity contribution is 4.87. The predicted octanol–water partition coefficient (Wildman–Crippen LogP) is 2.83. The molecule has 1 saturated carbocycles. The fourth-order valence-corrected chi connectivity index (χ4v) is 1.96. The molecule has 0 amide bonds. The minimum Gasteiger partial charge on any atom is -0.385 e. The van der Waals surface area contributed by atoms with Crippen LogP contribution in [0.15, 0.2) is 0 Å². The van der Waals surface area contributed by atoms with Crippen LogP contribution in [0.25, 0.3) is 0 Å². The molecule has 0 heterocycles. The normalized spacial score (nSPS) is 22.4. The molecule has 0 bridgehead atoms. The van der Waals surface area contributed by atoms with Gasteiger partial charge in [0, 0.05) is 26.3 Å². The van der Waals surface area contributed by atoms with Crippen LogP contribution in [0.2, 0.25) is 0 Å². The van der Waals surface area contributed by atoms with Crippen LogP contribution in [0.1, 0.15) is 46.5 Å². The first kappa shape index (κ1) is 13.0. The number of methoxy groups -OCH3 is 1. The minimum absolute atomic E-state index is 0.432. The van der Waals surface area contributed by atoms with Crippen molar-refractivity contribution in [2.45, 2.75) is 52.5 Å². The van der Waals surface area contributed by atoms with Gasteiger partial charge < -0.3 is 10.1 Å². The third kappa shape index (κ3) is 4.12. The van der Waals surface area contributed by atoms with Crippen LogP contribution in [-0.4, -0.2) is 26.3 Å². The van der Waals surface area contributed by atoms with Crippen molar-refractivity contribution in [3.05, 3.63) is 0 Å². The highest BCUT2D eigenvalue weighted by atomic mass is 16.5. The van der Waals surface area contributed by atoms with E-state index in [2.05, 4.69) is 26.1 Å². The highest BCUT2D eigenvalue weighted by Crippen LogP contribution is 2.33. The van der Waals surface area contributed by atoms with Crippen LogP contribution in [0.3, 0.4) is 0 Å². The largest absolute Gasteiger partial charge is 0.385 e. The maximum Gasteiger partial charge on any atom is 0.0465 e. The molecule has 0 spiro atoms. The van der Waals surface area contributed by atoms with Gasteiger partial charge in [-0.05, 0) is 37.0 Å². The van der Waals surface area contributed by atoms with E-state index in [0.29, 0.717) is 5.41 Å². The quantitative estimate of drug-likeness (QED) is 0.669. The van der Waals surface area contributed by atoms with Gasteiger partial charge in [0.15, 0.2) is 0 Å². The van der Waals surface area contributed by atoms with E-state index >= 15 is 0 Å². The Labute approximate surface area is 94.8 Å². The maximum absolute atomic E-state index is 5.17. The fraction of sp³-hybridized carbons (Fsp3) is 1.00. The first-order chi connectivity index (χ1) is 7.12. The number of ether oxygens (including phenoxy) is 1. The first-order valence-corrected chi connectivity index (χ1v) is 6.34. The summed E-state index contributed by atoms with van der Waals surface area (Å²) in [5.41, 5.74) is 0.432. The SMILES string of the molecule is CCC(C)(CNC1CC1)C(C)CCOC. The predicted molar refractivity (Wildman–Crippen MR) is 65.1 cm³/mol. The third-order valence-electron chi connectivity index (χ3n) is 4.12. The Hall–Kier alpha value is -0.0800. The van der Waals surface area contributed by atoms with Crippen LogP contribution in [0.5, 0.6) is 0 Å². The molecule has 1 rings (SSSR count). The lowest BCUT2D eigenvalue weighted by molar-refractivity contribution is 0.120. The number of hydrogen-bond donors (Lipinski definition) is 1. The standard InChI is InChI=1S/C13H27NO/c1-5-13(3,10-14-12-6-7-12)11(2)8-9-15-4/h11-12,14H,5-10H2,1-4H3. The van der Waals surface area contributed by atoms with Crippen LogP contribution >= 0.6 is 0 Å². The summed E-state index contributed by atoms with van der Waals surface area (Å²) in [7, 11) is 1.79. The summed E-state index contributed by atoms with van der Waals surface area (Å²) in [4.78, 5) is 0. The molecule has 1 fully saturated rings. The zero-order chi connectivity index (χ0) is 11.3. The van der Waals surface area contributed by atoms with E-state index in [9.17, 15) is 0 Å². The second-order valence-corrected chi connectivity index (χ2v) is 5.35. The summed E-state index contributed by atoms with van der Waals surface area (Å²) in [5.74, 6) is 0.730. The van der Waals surface area contributed by atoms with Crippen LogP contribution in [-0.2, 0) is 4.74 Å². The molecule has 2 heteroatoms. The average Bonchev–Trinajstić information content (AvgIpc) is 3.06. The van der Waals surface area contributed by atoms with Gasteiger partial charge in [0.1, 0.15) is 0 Å². The van der Waals surface area contributed by atoms with Crippen molar-refractivity contribution in [1.29, 1.82) is 0 Å². The Bertz CT molecular complexity index is 179. The summed E-state index contributed by atoms with van der Waals surface area (Å²) in [6.45, 7) is 9.12. The molecule has 0 saturated heterocycles. The monoisotopic (exact) mass is 213 g/mol. The Morgan fingerprint density at radius 1 is 1.47 bits per heavy atom. The molecular weight excluding hydrogens is 186 g/mol. The molecular formula is C13H27NO. The molecule has 1 aliphatic carbocycles. The third-order valence-corrected chi connectivity index (χ3v) is 4.12. The average molecular weight is 213 g/mol. The zero-order valence-electron chi connectivity index (χ0n) is 10.8. The van der Waals surface area contributed by atoms with Crippen molar-refractivity contribution in [1.82, 2.24) is 5.32 Å². The van der Waals surface area contributed by atoms with Gasteiger partial charge in [-0.2, -0.15) is 0 Å². The second kappa shape index (κ2) is 5.86. The Balaban J connectivity index is 2.33. The molecule has 0 aromatic rings. The van der Waals surface area contributed by atoms with E-state index in [1.165, 1.54) is 32.2 Å².